The molecule has 114 valence electrons. The van der Waals surface area contributed by atoms with Crippen LogP contribution >= 0.6 is 11.6 Å². The number of nitrogens with two attached hydrogens (primary N) is 1. The number of benzene rings is 1. The first-order chi connectivity index (χ1) is 10.0. The lowest BCUT2D eigenvalue weighted by Crippen LogP contribution is -2.27. The highest BCUT2D eigenvalue weighted by molar-refractivity contribution is 6.30. The van der Waals surface area contributed by atoms with Crippen molar-refractivity contribution in [2.24, 2.45) is 5.73 Å². The monoisotopic (exact) mass is 309 g/mol. The van der Waals surface area contributed by atoms with Gasteiger partial charge in [-0.15, -0.1) is 0 Å². The van der Waals surface area contributed by atoms with Crippen LogP contribution in [0.3, 0.4) is 0 Å². The van der Waals surface area contributed by atoms with Crippen LogP contribution < -0.4 is 5.73 Å². The van der Waals surface area contributed by atoms with Crippen molar-refractivity contribution in [2.45, 2.75) is 45.7 Å². The summed E-state index contributed by atoms with van der Waals surface area (Å²) < 4.78 is 15.9. The van der Waals surface area contributed by atoms with Gasteiger partial charge < -0.3 is 5.73 Å². The molecule has 1 aromatic carbocycles. The lowest BCUT2D eigenvalue weighted by atomic mass is 10.0. The molecule has 2 N–H and O–H groups in total. The standard InChI is InChI=1S/C16H21ClFN3/c1-3-13-10-14(21(4-2)20-13)9-12(19)8-11-6-5-7-15(17)16(11)18/h5-7,10,12H,3-4,8-9,19H2,1-2H3. The van der Waals surface area contributed by atoms with Gasteiger partial charge in [0.25, 0.3) is 0 Å². The molecule has 5 heteroatoms. The van der Waals surface area contributed by atoms with Gasteiger partial charge in [0.2, 0.25) is 0 Å². The van der Waals surface area contributed by atoms with Crippen molar-refractivity contribution < 1.29 is 4.39 Å². The third-order valence-electron chi connectivity index (χ3n) is 3.56. The SMILES string of the molecule is CCc1cc(CC(N)Cc2cccc(Cl)c2F)n(CC)n1. The highest BCUT2D eigenvalue weighted by atomic mass is 35.5. The predicted molar refractivity (Wildman–Crippen MR) is 84.1 cm³/mol. The Bertz CT molecular complexity index is 610. The van der Waals surface area contributed by atoms with Crippen molar-refractivity contribution in [3.8, 4) is 0 Å². The number of rotatable bonds is 6. The summed E-state index contributed by atoms with van der Waals surface area (Å²) >= 11 is 5.80. The zero-order chi connectivity index (χ0) is 15.4. The van der Waals surface area contributed by atoms with Crippen molar-refractivity contribution in [3.05, 3.63) is 52.1 Å². The third-order valence-corrected chi connectivity index (χ3v) is 3.85. The number of hydrogen-bond acceptors (Lipinski definition) is 2. The Morgan fingerprint density at radius 3 is 2.76 bits per heavy atom. The van der Waals surface area contributed by atoms with E-state index in [1.165, 1.54) is 0 Å². The van der Waals surface area contributed by atoms with Crippen LogP contribution in [0.1, 0.15) is 30.8 Å². The topological polar surface area (TPSA) is 43.8 Å². The summed E-state index contributed by atoms with van der Waals surface area (Å²) in [5.74, 6) is -0.368. The first-order valence-electron chi connectivity index (χ1n) is 7.29. The summed E-state index contributed by atoms with van der Waals surface area (Å²) in [6.45, 7) is 4.94. The highest BCUT2D eigenvalue weighted by Gasteiger charge is 2.14. The van der Waals surface area contributed by atoms with Crippen LogP contribution in [0.25, 0.3) is 0 Å². The summed E-state index contributed by atoms with van der Waals surface area (Å²) in [4.78, 5) is 0. The lowest BCUT2D eigenvalue weighted by Gasteiger charge is -2.13. The minimum absolute atomic E-state index is 0.145. The Morgan fingerprint density at radius 2 is 2.10 bits per heavy atom. The molecule has 0 radical (unpaired) electrons. The zero-order valence-corrected chi connectivity index (χ0v) is 13.2. The summed E-state index contributed by atoms with van der Waals surface area (Å²) in [7, 11) is 0. The molecular formula is C16H21ClFN3. The average molecular weight is 310 g/mol. The van der Waals surface area contributed by atoms with E-state index in [2.05, 4.69) is 25.0 Å². The molecule has 0 saturated heterocycles. The van der Waals surface area contributed by atoms with Crippen LogP contribution in [0.15, 0.2) is 24.3 Å². The first kappa shape index (κ1) is 16.0. The maximum absolute atomic E-state index is 13.9. The fourth-order valence-electron chi connectivity index (χ4n) is 2.46. The van der Waals surface area contributed by atoms with E-state index in [0.29, 0.717) is 18.4 Å². The maximum Gasteiger partial charge on any atom is 0.145 e. The molecule has 1 unspecified atom stereocenters. The second-order valence-corrected chi connectivity index (χ2v) is 5.58. The van der Waals surface area contributed by atoms with Gasteiger partial charge in [0.15, 0.2) is 0 Å². The molecule has 0 aliphatic heterocycles. The zero-order valence-electron chi connectivity index (χ0n) is 12.4. The Hall–Kier alpha value is -1.39. The molecule has 0 aliphatic rings. The van der Waals surface area contributed by atoms with Gasteiger partial charge in [0.1, 0.15) is 5.82 Å². The second kappa shape index (κ2) is 7.05. The molecule has 2 rings (SSSR count). The minimum atomic E-state index is -0.368. The Morgan fingerprint density at radius 1 is 1.33 bits per heavy atom. The average Bonchev–Trinajstić information content (AvgIpc) is 2.86. The summed E-state index contributed by atoms with van der Waals surface area (Å²) in [6.07, 6.45) is 2.04. The van der Waals surface area contributed by atoms with Crippen LogP contribution in [0.5, 0.6) is 0 Å². The van der Waals surface area contributed by atoms with Crippen molar-refractivity contribution in [1.82, 2.24) is 9.78 Å². The number of halogens is 2. The molecule has 1 heterocycles. The lowest BCUT2D eigenvalue weighted by molar-refractivity contribution is 0.556. The molecule has 1 atom stereocenters. The van der Waals surface area contributed by atoms with E-state index in [0.717, 1.165) is 24.4 Å². The van der Waals surface area contributed by atoms with Gasteiger partial charge in [0, 0.05) is 24.7 Å². The molecule has 0 saturated carbocycles. The van der Waals surface area contributed by atoms with E-state index in [-0.39, 0.29) is 16.9 Å². The van der Waals surface area contributed by atoms with Gasteiger partial charge in [-0.25, -0.2) is 4.39 Å². The normalized spacial score (nSPS) is 12.6. The van der Waals surface area contributed by atoms with Gasteiger partial charge in [-0.1, -0.05) is 30.7 Å². The van der Waals surface area contributed by atoms with E-state index in [4.69, 9.17) is 17.3 Å². The van der Waals surface area contributed by atoms with Crippen LogP contribution in [-0.4, -0.2) is 15.8 Å². The second-order valence-electron chi connectivity index (χ2n) is 5.18. The number of aryl methyl sites for hydroxylation is 2. The van der Waals surface area contributed by atoms with Gasteiger partial charge in [-0.05, 0) is 37.5 Å². The van der Waals surface area contributed by atoms with Crippen LogP contribution in [0, 0.1) is 5.82 Å². The fraction of sp³-hybridized carbons (Fsp3) is 0.438. The number of aromatic nitrogens is 2. The minimum Gasteiger partial charge on any atom is -0.327 e. The van der Waals surface area contributed by atoms with Crippen LogP contribution in [0.2, 0.25) is 5.02 Å². The molecule has 0 spiro atoms. The predicted octanol–water partition coefficient (Wildman–Crippen LogP) is 3.37. The summed E-state index contributed by atoms with van der Waals surface area (Å²) in [5, 5.41) is 4.65. The van der Waals surface area contributed by atoms with Gasteiger partial charge in [-0.2, -0.15) is 5.10 Å². The molecule has 2 aromatic rings. The third kappa shape index (κ3) is 3.83. The quantitative estimate of drug-likeness (QED) is 0.889. The molecule has 1 aromatic heterocycles. The molecule has 0 aliphatic carbocycles. The van der Waals surface area contributed by atoms with E-state index < -0.39 is 0 Å². The maximum atomic E-state index is 13.9. The molecule has 0 fully saturated rings. The number of hydrogen-bond donors (Lipinski definition) is 1. The molecule has 21 heavy (non-hydrogen) atoms. The molecule has 0 amide bonds. The number of nitrogens with zero attached hydrogens (tertiary/aromatic N) is 2. The smallest absolute Gasteiger partial charge is 0.145 e. The summed E-state index contributed by atoms with van der Waals surface area (Å²) in [5.41, 5.74) is 8.91. The van der Waals surface area contributed by atoms with E-state index in [1.54, 1.807) is 18.2 Å². The van der Waals surface area contributed by atoms with E-state index in [1.807, 2.05) is 4.68 Å². The fourth-order valence-corrected chi connectivity index (χ4v) is 2.65. The summed E-state index contributed by atoms with van der Waals surface area (Å²) in [6, 6.07) is 6.95. The molecule has 3 nitrogen and oxygen atoms in total. The van der Waals surface area contributed by atoms with E-state index >= 15 is 0 Å². The van der Waals surface area contributed by atoms with Gasteiger partial charge in [0.05, 0.1) is 10.7 Å². The van der Waals surface area contributed by atoms with Crippen LogP contribution in [-0.2, 0) is 25.8 Å². The Kier molecular flexibility index (Phi) is 5.37. The molecule has 0 bridgehead atoms. The van der Waals surface area contributed by atoms with Crippen LogP contribution in [0.4, 0.5) is 4.39 Å². The Labute approximate surface area is 129 Å². The van der Waals surface area contributed by atoms with Crippen molar-refractivity contribution in [2.75, 3.05) is 0 Å². The first-order valence-corrected chi connectivity index (χ1v) is 7.67. The highest BCUT2D eigenvalue weighted by Crippen LogP contribution is 2.19. The van der Waals surface area contributed by atoms with Crippen molar-refractivity contribution >= 4 is 11.6 Å². The Balaban J connectivity index is 2.09. The molecular weight excluding hydrogens is 289 g/mol. The van der Waals surface area contributed by atoms with Crippen molar-refractivity contribution in [3.63, 3.8) is 0 Å². The largest absolute Gasteiger partial charge is 0.327 e. The van der Waals surface area contributed by atoms with Gasteiger partial charge in [-0.3, -0.25) is 4.68 Å². The van der Waals surface area contributed by atoms with Gasteiger partial charge >= 0.3 is 0 Å². The van der Waals surface area contributed by atoms with E-state index in [9.17, 15) is 4.39 Å². The van der Waals surface area contributed by atoms with Crippen molar-refractivity contribution in [1.29, 1.82) is 0 Å².